The zero-order valence-corrected chi connectivity index (χ0v) is 15.0. The summed E-state index contributed by atoms with van der Waals surface area (Å²) in [5, 5.41) is 11.6. The minimum absolute atomic E-state index is 0.252. The topological polar surface area (TPSA) is 75.6 Å². The van der Waals surface area contributed by atoms with Gasteiger partial charge in [0.1, 0.15) is 11.8 Å². The van der Waals surface area contributed by atoms with E-state index in [0.29, 0.717) is 0 Å². The summed E-state index contributed by atoms with van der Waals surface area (Å²) in [5.41, 5.74) is 0.866. The van der Waals surface area contributed by atoms with Crippen molar-refractivity contribution in [2.24, 2.45) is 0 Å². The largest absolute Gasteiger partial charge is 0.497 e. The number of rotatable bonds is 8. The van der Waals surface area contributed by atoms with Crippen LogP contribution in [-0.4, -0.2) is 35.4 Å². The normalized spacial score (nSPS) is 12.9. The number of thioether (sulfide) groups is 1. The van der Waals surface area contributed by atoms with Crippen LogP contribution in [0.4, 0.5) is 0 Å². The molecule has 1 unspecified atom stereocenters. The minimum atomic E-state index is -1.04. The van der Waals surface area contributed by atoms with Crippen molar-refractivity contribution in [3.63, 3.8) is 0 Å². The number of carbonyl (C=O) groups excluding carboxylic acids is 1. The second kappa shape index (κ2) is 9.13. The number of nitrogens with one attached hydrogen (secondary N) is 1. The molecule has 2 N–H and O–H groups in total. The number of benzene rings is 2. The van der Waals surface area contributed by atoms with Crippen LogP contribution in [0.5, 0.6) is 5.75 Å². The Kier molecular flexibility index (Phi) is 6.89. The lowest BCUT2D eigenvalue weighted by Gasteiger charge is -2.18. The number of hydrogen-bond acceptors (Lipinski definition) is 4. The number of aliphatic carboxylic acids is 1. The van der Waals surface area contributed by atoms with Crippen molar-refractivity contribution < 1.29 is 19.4 Å². The van der Waals surface area contributed by atoms with Crippen molar-refractivity contribution in [1.82, 2.24) is 5.32 Å². The van der Waals surface area contributed by atoms with E-state index in [1.165, 1.54) is 11.8 Å². The molecule has 2 aromatic rings. The maximum absolute atomic E-state index is 12.4. The van der Waals surface area contributed by atoms with Crippen LogP contribution in [-0.2, 0) is 16.0 Å². The fourth-order valence-electron chi connectivity index (χ4n) is 2.25. The number of carbonyl (C=O) groups is 2. The van der Waals surface area contributed by atoms with Gasteiger partial charge in [0.05, 0.1) is 12.4 Å². The molecule has 2 atom stereocenters. The first-order valence-electron chi connectivity index (χ1n) is 7.87. The highest BCUT2D eigenvalue weighted by molar-refractivity contribution is 8.00. The smallest absolute Gasteiger partial charge is 0.326 e. The van der Waals surface area contributed by atoms with Crippen molar-refractivity contribution in [2.75, 3.05) is 7.11 Å². The van der Waals surface area contributed by atoms with E-state index in [9.17, 15) is 14.7 Å². The number of methoxy groups -OCH3 is 1. The van der Waals surface area contributed by atoms with Crippen molar-refractivity contribution in [3.05, 3.63) is 60.2 Å². The lowest BCUT2D eigenvalue weighted by molar-refractivity contribution is -0.141. The quantitative estimate of drug-likeness (QED) is 0.709. The molecule has 0 bridgehead atoms. The average molecular weight is 359 g/mol. The summed E-state index contributed by atoms with van der Waals surface area (Å²) < 4.78 is 5.10. The van der Waals surface area contributed by atoms with Crippen LogP contribution in [0.25, 0.3) is 0 Å². The lowest BCUT2D eigenvalue weighted by Crippen LogP contribution is -2.45. The van der Waals surface area contributed by atoms with Gasteiger partial charge in [-0.25, -0.2) is 4.79 Å². The Morgan fingerprint density at radius 3 is 2.32 bits per heavy atom. The van der Waals surface area contributed by atoms with Gasteiger partial charge in [-0.2, -0.15) is 0 Å². The zero-order valence-electron chi connectivity index (χ0n) is 14.1. The molecule has 0 saturated heterocycles. The molecule has 1 amide bonds. The van der Waals surface area contributed by atoms with Gasteiger partial charge < -0.3 is 15.2 Å². The Morgan fingerprint density at radius 2 is 1.76 bits per heavy atom. The highest BCUT2D eigenvalue weighted by Crippen LogP contribution is 2.25. The first kappa shape index (κ1) is 18.9. The van der Waals surface area contributed by atoms with Crippen LogP contribution >= 0.6 is 11.8 Å². The molecule has 6 heteroatoms. The number of ether oxygens (including phenoxy) is 1. The molecule has 0 heterocycles. The SMILES string of the molecule is COc1ccc(SC(C)C(=O)N[C@H](Cc2ccccc2)C(=O)O)cc1. The first-order valence-corrected chi connectivity index (χ1v) is 8.75. The molecule has 0 fully saturated rings. The summed E-state index contributed by atoms with van der Waals surface area (Å²) in [6.45, 7) is 1.76. The average Bonchev–Trinajstić information content (AvgIpc) is 2.62. The van der Waals surface area contributed by atoms with E-state index in [-0.39, 0.29) is 12.3 Å². The van der Waals surface area contributed by atoms with Crippen LogP contribution < -0.4 is 10.1 Å². The van der Waals surface area contributed by atoms with Gasteiger partial charge in [-0.05, 0) is 36.8 Å². The first-order chi connectivity index (χ1) is 12.0. The zero-order chi connectivity index (χ0) is 18.2. The van der Waals surface area contributed by atoms with Gasteiger partial charge in [0.25, 0.3) is 0 Å². The molecule has 0 saturated carbocycles. The Morgan fingerprint density at radius 1 is 1.12 bits per heavy atom. The molecule has 0 aliphatic heterocycles. The molecule has 0 aromatic heterocycles. The molecule has 0 aliphatic rings. The van der Waals surface area contributed by atoms with E-state index in [0.717, 1.165) is 16.2 Å². The highest BCUT2D eigenvalue weighted by Gasteiger charge is 2.23. The molecule has 0 radical (unpaired) electrons. The van der Waals surface area contributed by atoms with Gasteiger partial charge in [-0.1, -0.05) is 30.3 Å². The molecule has 25 heavy (non-hydrogen) atoms. The summed E-state index contributed by atoms with van der Waals surface area (Å²) in [6.07, 6.45) is 0.252. The predicted octanol–water partition coefficient (Wildman–Crippen LogP) is 2.99. The molecule has 2 rings (SSSR count). The third-order valence-electron chi connectivity index (χ3n) is 3.64. The number of carboxylic acid groups (broad SMARTS) is 1. The third-order valence-corrected chi connectivity index (χ3v) is 4.75. The van der Waals surface area contributed by atoms with Gasteiger partial charge in [0, 0.05) is 11.3 Å². The van der Waals surface area contributed by atoms with E-state index >= 15 is 0 Å². The fourth-order valence-corrected chi connectivity index (χ4v) is 3.13. The van der Waals surface area contributed by atoms with Crippen LogP contribution in [0, 0.1) is 0 Å². The number of hydrogen-bond donors (Lipinski definition) is 2. The number of carboxylic acids is 1. The molecule has 5 nitrogen and oxygen atoms in total. The fraction of sp³-hybridized carbons (Fsp3) is 0.263. The van der Waals surface area contributed by atoms with Crippen LogP contribution in [0.2, 0.25) is 0 Å². The van der Waals surface area contributed by atoms with Gasteiger partial charge in [-0.3, -0.25) is 4.79 Å². The van der Waals surface area contributed by atoms with E-state index in [1.807, 2.05) is 54.6 Å². The van der Waals surface area contributed by atoms with Crippen molar-refractivity contribution in [1.29, 1.82) is 0 Å². The monoisotopic (exact) mass is 359 g/mol. The van der Waals surface area contributed by atoms with Gasteiger partial charge in [0.15, 0.2) is 0 Å². The summed E-state index contributed by atoms with van der Waals surface area (Å²) >= 11 is 1.37. The molecular weight excluding hydrogens is 338 g/mol. The Hall–Kier alpha value is -2.47. The Balaban J connectivity index is 1.95. The summed E-state index contributed by atoms with van der Waals surface area (Å²) in [4.78, 5) is 24.7. The molecule has 2 aromatic carbocycles. The summed E-state index contributed by atoms with van der Waals surface area (Å²) in [6, 6.07) is 15.7. The maximum Gasteiger partial charge on any atom is 0.326 e. The van der Waals surface area contributed by atoms with Crippen LogP contribution in [0.3, 0.4) is 0 Å². The highest BCUT2D eigenvalue weighted by atomic mass is 32.2. The van der Waals surface area contributed by atoms with Crippen LogP contribution in [0.1, 0.15) is 12.5 Å². The summed E-state index contributed by atoms with van der Waals surface area (Å²) in [5.74, 6) is -0.599. The van der Waals surface area contributed by atoms with Crippen molar-refractivity contribution >= 4 is 23.6 Å². The van der Waals surface area contributed by atoms with E-state index < -0.39 is 17.3 Å². The molecule has 0 spiro atoms. The maximum atomic E-state index is 12.4. The molecule has 132 valence electrons. The summed E-state index contributed by atoms with van der Waals surface area (Å²) in [7, 11) is 1.59. The number of amides is 1. The molecular formula is C19H21NO4S. The van der Waals surface area contributed by atoms with E-state index in [4.69, 9.17) is 4.74 Å². The van der Waals surface area contributed by atoms with Crippen molar-refractivity contribution in [2.45, 2.75) is 29.5 Å². The van der Waals surface area contributed by atoms with Crippen LogP contribution in [0.15, 0.2) is 59.5 Å². The standard InChI is InChI=1S/C19H21NO4S/c1-13(25-16-10-8-15(24-2)9-11-16)18(21)20-17(19(22)23)12-14-6-4-3-5-7-14/h3-11,13,17H,12H2,1-2H3,(H,20,21)(H,22,23)/t13?,17-/m1/s1. The third kappa shape index (κ3) is 5.83. The second-order valence-corrected chi connectivity index (χ2v) is 6.94. The van der Waals surface area contributed by atoms with Gasteiger partial charge in [0.2, 0.25) is 5.91 Å². The van der Waals surface area contributed by atoms with Gasteiger partial charge >= 0.3 is 5.97 Å². The minimum Gasteiger partial charge on any atom is -0.497 e. The Labute approximate surface area is 151 Å². The van der Waals surface area contributed by atoms with E-state index in [2.05, 4.69) is 5.32 Å². The lowest BCUT2D eigenvalue weighted by atomic mass is 10.1. The Bertz CT molecular complexity index is 703. The van der Waals surface area contributed by atoms with Crippen molar-refractivity contribution in [3.8, 4) is 5.75 Å². The molecule has 0 aliphatic carbocycles. The van der Waals surface area contributed by atoms with Gasteiger partial charge in [-0.15, -0.1) is 11.8 Å². The predicted molar refractivity (Wildman–Crippen MR) is 98.0 cm³/mol. The second-order valence-electron chi connectivity index (χ2n) is 5.52. The van der Waals surface area contributed by atoms with E-state index in [1.54, 1.807) is 14.0 Å².